The van der Waals surface area contributed by atoms with Crippen LogP contribution in [0.4, 0.5) is 0 Å². The highest BCUT2D eigenvalue weighted by molar-refractivity contribution is 5.79. The fraction of sp³-hybridized carbons (Fsp3) is 0.500. The van der Waals surface area contributed by atoms with Crippen LogP contribution in [0.3, 0.4) is 0 Å². The molecule has 2 saturated carbocycles. The first-order valence-corrected chi connectivity index (χ1v) is 6.87. The van der Waals surface area contributed by atoms with Crippen molar-refractivity contribution >= 4 is 11.6 Å². The van der Waals surface area contributed by atoms with Crippen LogP contribution >= 0.6 is 0 Å². The Bertz CT molecular complexity index is 625. The lowest BCUT2D eigenvalue weighted by Crippen LogP contribution is -2.30. The molecule has 2 aliphatic rings. The van der Waals surface area contributed by atoms with Crippen molar-refractivity contribution in [1.29, 1.82) is 0 Å². The molecule has 4 rings (SSSR count). The van der Waals surface area contributed by atoms with Crippen molar-refractivity contribution in [3.8, 4) is 0 Å². The zero-order valence-electron chi connectivity index (χ0n) is 10.6. The Hall–Kier alpha value is -1.91. The number of nitrogens with one attached hydrogen (secondary N) is 1. The van der Waals surface area contributed by atoms with E-state index in [1.807, 2.05) is 28.8 Å². The lowest BCUT2D eigenvalue weighted by molar-refractivity contribution is -0.125. The van der Waals surface area contributed by atoms with Crippen LogP contribution in [-0.2, 0) is 11.3 Å². The Labute approximate surface area is 111 Å². The van der Waals surface area contributed by atoms with Gasteiger partial charge in [-0.15, -0.1) is 10.2 Å². The van der Waals surface area contributed by atoms with E-state index >= 15 is 0 Å². The van der Waals surface area contributed by atoms with Crippen molar-refractivity contribution in [2.24, 2.45) is 17.8 Å². The molecule has 0 spiro atoms. The smallest absolute Gasteiger partial charge is 0.223 e. The molecule has 2 atom stereocenters. The van der Waals surface area contributed by atoms with Gasteiger partial charge in [0, 0.05) is 12.1 Å². The second kappa shape index (κ2) is 4.05. The average Bonchev–Trinajstić information content (AvgIpc) is 2.89. The standard InChI is InChI=1S/C14H16N4O/c19-14(11-6-9-5-10(9)7-11)15-8-13-17-16-12-3-1-2-4-18(12)13/h1-4,9-11H,5-8H2,(H,15,19). The Balaban J connectivity index is 1.42. The van der Waals surface area contributed by atoms with E-state index in [4.69, 9.17) is 0 Å². The summed E-state index contributed by atoms with van der Waals surface area (Å²) in [4.78, 5) is 12.1. The van der Waals surface area contributed by atoms with Gasteiger partial charge in [-0.2, -0.15) is 0 Å². The molecule has 19 heavy (non-hydrogen) atoms. The number of hydrogen-bond donors (Lipinski definition) is 1. The first kappa shape index (κ1) is 11.0. The molecule has 5 nitrogen and oxygen atoms in total. The van der Waals surface area contributed by atoms with Gasteiger partial charge in [0.25, 0.3) is 0 Å². The Morgan fingerprint density at radius 1 is 1.26 bits per heavy atom. The van der Waals surface area contributed by atoms with Gasteiger partial charge in [0.2, 0.25) is 5.91 Å². The summed E-state index contributed by atoms with van der Waals surface area (Å²) in [6.45, 7) is 0.454. The molecule has 2 fully saturated rings. The van der Waals surface area contributed by atoms with E-state index < -0.39 is 0 Å². The number of carbonyl (C=O) groups is 1. The topological polar surface area (TPSA) is 59.3 Å². The molecule has 2 aliphatic carbocycles. The summed E-state index contributed by atoms with van der Waals surface area (Å²) >= 11 is 0. The third kappa shape index (κ3) is 1.89. The fourth-order valence-electron chi connectivity index (χ4n) is 3.25. The van der Waals surface area contributed by atoms with E-state index in [-0.39, 0.29) is 11.8 Å². The molecule has 0 radical (unpaired) electrons. The summed E-state index contributed by atoms with van der Waals surface area (Å²) in [5.74, 6) is 2.87. The fourth-order valence-corrected chi connectivity index (χ4v) is 3.25. The predicted octanol–water partition coefficient (Wildman–Crippen LogP) is 1.39. The monoisotopic (exact) mass is 256 g/mol. The molecule has 0 aliphatic heterocycles. The minimum Gasteiger partial charge on any atom is -0.349 e. The third-order valence-electron chi connectivity index (χ3n) is 4.42. The molecule has 0 aromatic carbocycles. The predicted molar refractivity (Wildman–Crippen MR) is 69.2 cm³/mol. The van der Waals surface area contributed by atoms with Crippen LogP contribution < -0.4 is 5.32 Å². The van der Waals surface area contributed by atoms with Crippen LogP contribution in [0.1, 0.15) is 25.1 Å². The van der Waals surface area contributed by atoms with Crippen molar-refractivity contribution in [2.75, 3.05) is 0 Å². The van der Waals surface area contributed by atoms with Crippen LogP contribution in [0.2, 0.25) is 0 Å². The van der Waals surface area contributed by atoms with Crippen molar-refractivity contribution < 1.29 is 4.79 Å². The Morgan fingerprint density at radius 3 is 2.95 bits per heavy atom. The van der Waals surface area contributed by atoms with Crippen molar-refractivity contribution in [2.45, 2.75) is 25.8 Å². The highest BCUT2D eigenvalue weighted by Crippen LogP contribution is 2.54. The first-order valence-electron chi connectivity index (χ1n) is 6.87. The van der Waals surface area contributed by atoms with Gasteiger partial charge in [0.05, 0.1) is 6.54 Å². The van der Waals surface area contributed by atoms with Crippen LogP contribution in [0, 0.1) is 17.8 Å². The molecule has 0 bridgehead atoms. The van der Waals surface area contributed by atoms with Gasteiger partial charge >= 0.3 is 0 Å². The summed E-state index contributed by atoms with van der Waals surface area (Å²) in [7, 11) is 0. The maximum absolute atomic E-state index is 12.1. The highest BCUT2D eigenvalue weighted by atomic mass is 16.1. The van der Waals surface area contributed by atoms with Gasteiger partial charge in [0.1, 0.15) is 0 Å². The second-order valence-corrected chi connectivity index (χ2v) is 5.69. The number of hydrogen-bond acceptors (Lipinski definition) is 3. The van der Waals surface area contributed by atoms with Crippen molar-refractivity contribution in [3.63, 3.8) is 0 Å². The maximum atomic E-state index is 12.1. The first-order chi connectivity index (χ1) is 9.31. The second-order valence-electron chi connectivity index (χ2n) is 5.69. The molecule has 1 N–H and O–H groups in total. The number of amides is 1. The lowest BCUT2D eigenvalue weighted by Gasteiger charge is -2.11. The highest BCUT2D eigenvalue weighted by Gasteiger charge is 2.47. The average molecular weight is 256 g/mol. The molecule has 2 heterocycles. The minimum atomic E-state index is 0.180. The van der Waals surface area contributed by atoms with Crippen molar-refractivity contribution in [1.82, 2.24) is 19.9 Å². The van der Waals surface area contributed by atoms with E-state index in [1.54, 1.807) is 0 Å². The number of carbonyl (C=O) groups excluding carboxylic acids is 1. The SMILES string of the molecule is O=C(NCc1nnc2ccccn12)C1CC2CC2C1. The quantitative estimate of drug-likeness (QED) is 0.902. The molecule has 2 aromatic heterocycles. The van der Waals surface area contributed by atoms with E-state index in [0.29, 0.717) is 6.54 Å². The van der Waals surface area contributed by atoms with E-state index in [9.17, 15) is 4.79 Å². The molecular formula is C14H16N4O. The zero-order valence-corrected chi connectivity index (χ0v) is 10.6. The molecular weight excluding hydrogens is 240 g/mol. The van der Waals surface area contributed by atoms with Gasteiger partial charge in [-0.1, -0.05) is 6.07 Å². The van der Waals surface area contributed by atoms with Crippen LogP contribution in [0.5, 0.6) is 0 Å². The molecule has 2 aromatic rings. The summed E-state index contributed by atoms with van der Waals surface area (Å²) in [6, 6.07) is 5.77. The maximum Gasteiger partial charge on any atom is 0.223 e. The van der Waals surface area contributed by atoms with E-state index in [2.05, 4.69) is 15.5 Å². The summed E-state index contributed by atoms with van der Waals surface area (Å²) in [5, 5.41) is 11.2. The zero-order chi connectivity index (χ0) is 12.8. The van der Waals surface area contributed by atoms with Gasteiger partial charge in [-0.3, -0.25) is 9.20 Å². The van der Waals surface area contributed by atoms with Gasteiger partial charge in [0.15, 0.2) is 11.5 Å². The van der Waals surface area contributed by atoms with E-state index in [0.717, 1.165) is 36.1 Å². The van der Waals surface area contributed by atoms with Gasteiger partial charge in [-0.25, -0.2) is 0 Å². The van der Waals surface area contributed by atoms with Crippen LogP contribution in [-0.4, -0.2) is 20.5 Å². The Kier molecular flexibility index (Phi) is 2.33. The summed E-state index contributed by atoms with van der Waals surface area (Å²) in [5.41, 5.74) is 0.814. The molecule has 1 amide bonds. The molecule has 98 valence electrons. The number of nitrogens with zero attached hydrogens (tertiary/aromatic N) is 3. The molecule has 0 saturated heterocycles. The van der Waals surface area contributed by atoms with Crippen molar-refractivity contribution in [3.05, 3.63) is 30.2 Å². The minimum absolute atomic E-state index is 0.180. The normalized spacial score (nSPS) is 28.3. The summed E-state index contributed by atoms with van der Waals surface area (Å²) < 4.78 is 1.91. The lowest BCUT2D eigenvalue weighted by atomic mass is 10.0. The van der Waals surface area contributed by atoms with Crippen LogP contribution in [0.15, 0.2) is 24.4 Å². The molecule has 2 unspecified atom stereocenters. The Morgan fingerprint density at radius 2 is 2.11 bits per heavy atom. The van der Waals surface area contributed by atoms with Gasteiger partial charge in [-0.05, 0) is 43.2 Å². The molecule has 5 heteroatoms. The summed E-state index contributed by atoms with van der Waals surface area (Å²) in [6.07, 6.45) is 5.42. The van der Waals surface area contributed by atoms with Crippen LogP contribution in [0.25, 0.3) is 5.65 Å². The largest absolute Gasteiger partial charge is 0.349 e. The third-order valence-corrected chi connectivity index (χ3v) is 4.42. The van der Waals surface area contributed by atoms with E-state index in [1.165, 1.54) is 6.42 Å². The number of aromatic nitrogens is 3. The number of rotatable bonds is 3. The number of fused-ring (bicyclic) bond motifs is 2. The van der Waals surface area contributed by atoms with Gasteiger partial charge < -0.3 is 5.32 Å². The number of pyridine rings is 1.